The zero-order valence-electron chi connectivity index (χ0n) is 13.7. The predicted molar refractivity (Wildman–Crippen MR) is 94.8 cm³/mol. The number of pyridine rings is 1. The maximum absolute atomic E-state index is 12.1. The predicted octanol–water partition coefficient (Wildman–Crippen LogP) is 2.73. The molecule has 0 radical (unpaired) electrons. The summed E-state index contributed by atoms with van der Waals surface area (Å²) in [6.45, 7) is 1.80. The third-order valence-corrected chi connectivity index (χ3v) is 4.17. The molecule has 1 unspecified atom stereocenters. The van der Waals surface area contributed by atoms with Gasteiger partial charge in [-0.15, -0.1) is 0 Å². The van der Waals surface area contributed by atoms with Crippen LogP contribution in [-0.4, -0.2) is 36.6 Å². The summed E-state index contributed by atoms with van der Waals surface area (Å²) >= 11 is 1.37. The van der Waals surface area contributed by atoms with Gasteiger partial charge in [0.05, 0.1) is 30.7 Å². The van der Waals surface area contributed by atoms with E-state index in [-0.39, 0.29) is 11.2 Å². The van der Waals surface area contributed by atoms with E-state index >= 15 is 0 Å². The van der Waals surface area contributed by atoms with Gasteiger partial charge in [-0.05, 0) is 31.2 Å². The number of carbonyl (C=O) groups excluding carboxylic acids is 1. The fourth-order valence-corrected chi connectivity index (χ4v) is 2.72. The summed E-state index contributed by atoms with van der Waals surface area (Å²) in [7, 11) is 3.12. The molecule has 2 rings (SSSR count). The molecule has 1 heterocycles. The van der Waals surface area contributed by atoms with Gasteiger partial charge >= 0.3 is 0 Å². The van der Waals surface area contributed by atoms with Gasteiger partial charge in [-0.3, -0.25) is 4.79 Å². The molecule has 0 saturated carbocycles. The first-order valence-electron chi connectivity index (χ1n) is 7.27. The molecule has 0 aliphatic carbocycles. The van der Waals surface area contributed by atoms with Crippen LogP contribution in [0.3, 0.4) is 0 Å². The number of thioether (sulfide) groups is 1. The standard InChI is InChI=1S/C17H19N3O3S/c1-12(24-15-9-4-5-10-18-15)17(21)20-19-11-13-7-6-8-14(22-2)16(13)23-3/h4-12H,1-3H3,(H,20,21)/b19-11+. The van der Waals surface area contributed by atoms with Gasteiger partial charge in [0.25, 0.3) is 5.91 Å². The Morgan fingerprint density at radius 1 is 1.25 bits per heavy atom. The molecule has 1 N–H and O–H groups in total. The van der Waals surface area contributed by atoms with Crippen molar-refractivity contribution in [3.05, 3.63) is 48.2 Å². The van der Waals surface area contributed by atoms with Gasteiger partial charge in [-0.2, -0.15) is 5.10 Å². The number of hydrogen-bond acceptors (Lipinski definition) is 6. The van der Waals surface area contributed by atoms with Crippen molar-refractivity contribution >= 4 is 23.9 Å². The smallest absolute Gasteiger partial charge is 0.253 e. The first-order valence-corrected chi connectivity index (χ1v) is 8.15. The molecule has 0 aliphatic rings. The molecular formula is C17H19N3O3S. The number of aromatic nitrogens is 1. The van der Waals surface area contributed by atoms with E-state index in [1.54, 1.807) is 33.4 Å². The fourth-order valence-electron chi connectivity index (χ4n) is 1.92. The van der Waals surface area contributed by atoms with E-state index in [0.29, 0.717) is 17.1 Å². The lowest BCUT2D eigenvalue weighted by atomic mass is 10.2. The highest BCUT2D eigenvalue weighted by Gasteiger charge is 2.14. The molecule has 1 atom stereocenters. The molecule has 126 valence electrons. The zero-order valence-corrected chi connectivity index (χ0v) is 14.5. The van der Waals surface area contributed by atoms with Crippen LogP contribution < -0.4 is 14.9 Å². The van der Waals surface area contributed by atoms with E-state index in [9.17, 15) is 4.79 Å². The van der Waals surface area contributed by atoms with Crippen molar-refractivity contribution in [2.24, 2.45) is 5.10 Å². The highest BCUT2D eigenvalue weighted by atomic mass is 32.2. The van der Waals surface area contributed by atoms with Crippen molar-refractivity contribution in [2.75, 3.05) is 14.2 Å². The van der Waals surface area contributed by atoms with Crippen LogP contribution in [0.5, 0.6) is 11.5 Å². The molecule has 0 bridgehead atoms. The van der Waals surface area contributed by atoms with E-state index in [0.717, 1.165) is 5.03 Å². The molecule has 0 aliphatic heterocycles. The average molecular weight is 345 g/mol. The van der Waals surface area contributed by atoms with Crippen molar-refractivity contribution in [1.29, 1.82) is 0 Å². The van der Waals surface area contributed by atoms with Gasteiger partial charge in [0.1, 0.15) is 0 Å². The minimum atomic E-state index is -0.316. The Morgan fingerprint density at radius 2 is 2.08 bits per heavy atom. The van der Waals surface area contributed by atoms with Crippen LogP contribution in [0, 0.1) is 0 Å². The van der Waals surface area contributed by atoms with Crippen LogP contribution in [0.2, 0.25) is 0 Å². The number of carbonyl (C=O) groups is 1. The number of nitrogens with one attached hydrogen (secondary N) is 1. The van der Waals surface area contributed by atoms with E-state index < -0.39 is 0 Å². The lowest BCUT2D eigenvalue weighted by molar-refractivity contribution is -0.120. The van der Waals surface area contributed by atoms with Gasteiger partial charge in [-0.1, -0.05) is 23.9 Å². The second kappa shape index (κ2) is 8.93. The molecule has 0 saturated heterocycles. The number of ether oxygens (including phenoxy) is 2. The maximum Gasteiger partial charge on any atom is 0.253 e. The minimum Gasteiger partial charge on any atom is -0.493 e. The molecule has 0 fully saturated rings. The molecule has 24 heavy (non-hydrogen) atoms. The fraction of sp³-hybridized carbons (Fsp3) is 0.235. The van der Waals surface area contributed by atoms with E-state index in [4.69, 9.17) is 9.47 Å². The molecule has 0 spiro atoms. The Hall–Kier alpha value is -2.54. The summed E-state index contributed by atoms with van der Waals surface area (Å²) < 4.78 is 10.5. The number of methoxy groups -OCH3 is 2. The Kier molecular flexibility index (Phi) is 6.62. The Labute approximate surface area is 145 Å². The van der Waals surface area contributed by atoms with Gasteiger partial charge in [-0.25, -0.2) is 10.4 Å². The van der Waals surface area contributed by atoms with E-state index in [1.165, 1.54) is 18.0 Å². The first-order chi connectivity index (χ1) is 11.7. The SMILES string of the molecule is COc1cccc(/C=N/NC(=O)C(C)Sc2ccccn2)c1OC. The highest BCUT2D eigenvalue weighted by Crippen LogP contribution is 2.29. The Morgan fingerprint density at radius 3 is 2.75 bits per heavy atom. The Bertz CT molecular complexity index is 707. The summed E-state index contributed by atoms with van der Waals surface area (Å²) in [6.07, 6.45) is 3.22. The molecule has 1 aromatic carbocycles. The number of hydrazone groups is 1. The maximum atomic E-state index is 12.1. The molecule has 1 aromatic heterocycles. The van der Waals surface area contributed by atoms with Crippen LogP contribution >= 0.6 is 11.8 Å². The van der Waals surface area contributed by atoms with Crippen LogP contribution in [0.4, 0.5) is 0 Å². The quantitative estimate of drug-likeness (QED) is 0.474. The summed E-state index contributed by atoms with van der Waals surface area (Å²) in [5.41, 5.74) is 3.24. The number of hydrogen-bond donors (Lipinski definition) is 1. The molecule has 1 amide bonds. The van der Waals surface area contributed by atoms with Crippen LogP contribution in [-0.2, 0) is 4.79 Å². The summed E-state index contributed by atoms with van der Waals surface area (Å²) in [4.78, 5) is 16.3. The largest absolute Gasteiger partial charge is 0.493 e. The van der Waals surface area contributed by atoms with Crippen molar-refractivity contribution in [2.45, 2.75) is 17.2 Å². The Balaban J connectivity index is 1.97. The number of amides is 1. The van der Waals surface area contributed by atoms with Crippen molar-refractivity contribution in [3.8, 4) is 11.5 Å². The topological polar surface area (TPSA) is 72.8 Å². The van der Waals surface area contributed by atoms with Gasteiger partial charge in [0.2, 0.25) is 0 Å². The molecule has 7 heteroatoms. The van der Waals surface area contributed by atoms with Crippen molar-refractivity contribution < 1.29 is 14.3 Å². The van der Waals surface area contributed by atoms with Crippen molar-refractivity contribution in [1.82, 2.24) is 10.4 Å². The van der Waals surface area contributed by atoms with E-state index in [1.807, 2.05) is 30.3 Å². The van der Waals surface area contributed by atoms with Crippen LogP contribution in [0.15, 0.2) is 52.7 Å². The molecule has 2 aromatic rings. The second-order valence-corrected chi connectivity index (χ2v) is 6.11. The summed E-state index contributed by atoms with van der Waals surface area (Å²) in [6, 6.07) is 11.0. The summed E-state index contributed by atoms with van der Waals surface area (Å²) in [5.74, 6) is 0.963. The number of nitrogens with zero attached hydrogens (tertiary/aromatic N) is 2. The lowest BCUT2D eigenvalue weighted by Gasteiger charge is -2.10. The highest BCUT2D eigenvalue weighted by molar-refractivity contribution is 8.00. The summed E-state index contributed by atoms with van der Waals surface area (Å²) in [5, 5.41) is 4.47. The second-order valence-electron chi connectivity index (χ2n) is 4.75. The van der Waals surface area contributed by atoms with Gasteiger partial charge < -0.3 is 9.47 Å². The first kappa shape index (κ1) is 17.8. The third-order valence-electron chi connectivity index (χ3n) is 3.12. The van der Waals surface area contributed by atoms with Gasteiger partial charge in [0.15, 0.2) is 11.5 Å². The monoisotopic (exact) mass is 345 g/mol. The third kappa shape index (κ3) is 4.73. The van der Waals surface area contributed by atoms with Crippen molar-refractivity contribution in [3.63, 3.8) is 0 Å². The van der Waals surface area contributed by atoms with Crippen LogP contribution in [0.25, 0.3) is 0 Å². The zero-order chi connectivity index (χ0) is 17.4. The average Bonchev–Trinajstić information content (AvgIpc) is 2.62. The normalized spacial score (nSPS) is 12.0. The van der Waals surface area contributed by atoms with E-state index in [2.05, 4.69) is 15.5 Å². The van der Waals surface area contributed by atoms with Gasteiger partial charge in [0, 0.05) is 11.8 Å². The molecule has 6 nitrogen and oxygen atoms in total. The number of benzene rings is 1. The number of rotatable bonds is 7. The van der Waals surface area contributed by atoms with Crippen LogP contribution in [0.1, 0.15) is 12.5 Å². The number of para-hydroxylation sites is 1. The molecular weight excluding hydrogens is 326 g/mol. The lowest BCUT2D eigenvalue weighted by Crippen LogP contribution is -2.26. The minimum absolute atomic E-state index is 0.205.